The van der Waals surface area contributed by atoms with Crippen LogP contribution in [0.25, 0.3) is 22.4 Å². The Labute approximate surface area is 147 Å². The van der Waals surface area contributed by atoms with Crippen molar-refractivity contribution in [3.05, 3.63) is 65.7 Å². The second kappa shape index (κ2) is 7.06. The maximum absolute atomic E-state index is 9.53. The summed E-state index contributed by atoms with van der Waals surface area (Å²) < 4.78 is 5.43. The van der Waals surface area contributed by atoms with E-state index in [0.717, 1.165) is 23.1 Å². The number of hydrogen-bond donors (Lipinski definition) is 1. The van der Waals surface area contributed by atoms with Gasteiger partial charge in [0.25, 0.3) is 0 Å². The van der Waals surface area contributed by atoms with Crippen molar-refractivity contribution in [2.24, 2.45) is 0 Å². The molecule has 0 saturated carbocycles. The number of pyridine rings is 1. The van der Waals surface area contributed by atoms with E-state index in [2.05, 4.69) is 30.1 Å². The molecule has 3 rings (SSSR count). The van der Waals surface area contributed by atoms with Gasteiger partial charge in [-0.1, -0.05) is 43.3 Å². The topological polar surface area (TPSA) is 71.9 Å². The highest BCUT2D eigenvalue weighted by Crippen LogP contribution is 2.34. The van der Waals surface area contributed by atoms with Gasteiger partial charge in [-0.15, -0.1) is 0 Å². The van der Waals surface area contributed by atoms with Gasteiger partial charge in [0.15, 0.2) is 0 Å². The molecule has 0 aliphatic carbocycles. The number of nitrogen functional groups attached to an aromatic ring is 1. The predicted molar refractivity (Wildman–Crippen MR) is 100 cm³/mol. The summed E-state index contributed by atoms with van der Waals surface area (Å²) in [5.74, 6) is 0.937. The Morgan fingerprint density at radius 1 is 1.08 bits per heavy atom. The van der Waals surface area contributed by atoms with E-state index in [1.165, 1.54) is 5.56 Å². The first-order valence-electron chi connectivity index (χ1n) is 8.11. The summed E-state index contributed by atoms with van der Waals surface area (Å²) in [6.07, 6.45) is 0.969. The first-order valence-corrected chi connectivity index (χ1v) is 8.11. The predicted octanol–water partition coefficient (Wildman–Crippen LogP) is 4.44. The fourth-order valence-electron chi connectivity index (χ4n) is 2.82. The van der Waals surface area contributed by atoms with Crippen LogP contribution in [0.1, 0.15) is 18.1 Å². The first kappa shape index (κ1) is 16.5. The molecule has 4 nitrogen and oxygen atoms in total. The van der Waals surface area contributed by atoms with Gasteiger partial charge < -0.3 is 10.5 Å². The van der Waals surface area contributed by atoms with Gasteiger partial charge in [0.05, 0.1) is 12.8 Å². The van der Waals surface area contributed by atoms with Gasteiger partial charge in [-0.25, -0.2) is 4.98 Å². The van der Waals surface area contributed by atoms with E-state index < -0.39 is 0 Å². The lowest BCUT2D eigenvalue weighted by atomic mass is 9.97. The SMILES string of the molecule is CCc1ccc(-c2cc(-c3ccccc3OC)nc(N)c2C#N)cc1. The van der Waals surface area contributed by atoms with Gasteiger partial charge in [0.1, 0.15) is 23.2 Å². The Balaban J connectivity index is 2.20. The smallest absolute Gasteiger partial charge is 0.142 e. The lowest BCUT2D eigenvalue weighted by molar-refractivity contribution is 0.416. The second-order valence-corrected chi connectivity index (χ2v) is 5.68. The summed E-state index contributed by atoms with van der Waals surface area (Å²) in [7, 11) is 1.62. The molecule has 25 heavy (non-hydrogen) atoms. The zero-order valence-corrected chi connectivity index (χ0v) is 14.3. The van der Waals surface area contributed by atoms with Crippen molar-refractivity contribution in [2.45, 2.75) is 13.3 Å². The lowest BCUT2D eigenvalue weighted by Crippen LogP contribution is -2.00. The van der Waals surface area contributed by atoms with Gasteiger partial charge in [-0.05, 0) is 35.7 Å². The van der Waals surface area contributed by atoms with E-state index in [1.807, 2.05) is 42.5 Å². The fourth-order valence-corrected chi connectivity index (χ4v) is 2.82. The molecule has 0 bridgehead atoms. The van der Waals surface area contributed by atoms with Crippen LogP contribution in [0.5, 0.6) is 5.75 Å². The molecule has 0 fully saturated rings. The van der Waals surface area contributed by atoms with Crippen LogP contribution in [0.15, 0.2) is 54.6 Å². The molecule has 2 aromatic carbocycles. The standard InChI is InChI=1S/C21H19N3O/c1-3-14-8-10-15(11-9-14)17-12-19(24-21(23)18(17)13-22)16-6-4-5-7-20(16)25-2/h4-12H,3H2,1-2H3,(H2,23,24). The number of nitrogens with zero attached hydrogens (tertiary/aromatic N) is 2. The van der Waals surface area contributed by atoms with Crippen molar-refractivity contribution in [2.75, 3.05) is 12.8 Å². The van der Waals surface area contributed by atoms with Crippen molar-refractivity contribution in [3.8, 4) is 34.2 Å². The van der Waals surface area contributed by atoms with Crippen molar-refractivity contribution >= 4 is 5.82 Å². The molecular formula is C21H19N3O. The molecule has 0 atom stereocenters. The third kappa shape index (κ3) is 3.17. The Kier molecular flexibility index (Phi) is 4.67. The van der Waals surface area contributed by atoms with Crippen LogP contribution < -0.4 is 10.5 Å². The summed E-state index contributed by atoms with van der Waals surface area (Å²) in [5, 5.41) is 9.53. The van der Waals surface area contributed by atoms with E-state index in [9.17, 15) is 5.26 Å². The van der Waals surface area contributed by atoms with Crippen LogP contribution in [-0.4, -0.2) is 12.1 Å². The third-order valence-electron chi connectivity index (χ3n) is 4.22. The Hall–Kier alpha value is -3.32. The van der Waals surface area contributed by atoms with Gasteiger partial charge in [-0.3, -0.25) is 0 Å². The van der Waals surface area contributed by atoms with Crippen molar-refractivity contribution in [1.29, 1.82) is 5.26 Å². The molecular weight excluding hydrogens is 310 g/mol. The van der Waals surface area contributed by atoms with E-state index in [0.29, 0.717) is 17.0 Å². The van der Waals surface area contributed by atoms with Crippen LogP contribution >= 0.6 is 0 Å². The molecule has 0 saturated heterocycles. The molecule has 2 N–H and O–H groups in total. The zero-order valence-electron chi connectivity index (χ0n) is 14.3. The number of para-hydroxylation sites is 1. The minimum atomic E-state index is 0.223. The minimum Gasteiger partial charge on any atom is -0.496 e. The van der Waals surface area contributed by atoms with Crippen LogP contribution in [0.2, 0.25) is 0 Å². The first-order chi connectivity index (χ1) is 12.2. The Morgan fingerprint density at radius 2 is 1.80 bits per heavy atom. The summed E-state index contributed by atoms with van der Waals surface area (Å²) in [4.78, 5) is 4.42. The number of nitrogens with two attached hydrogens (primary N) is 1. The Morgan fingerprint density at radius 3 is 2.44 bits per heavy atom. The van der Waals surface area contributed by atoms with Crippen LogP contribution in [0, 0.1) is 11.3 Å². The van der Waals surface area contributed by atoms with Gasteiger partial charge in [-0.2, -0.15) is 5.26 Å². The van der Waals surface area contributed by atoms with E-state index >= 15 is 0 Å². The van der Waals surface area contributed by atoms with Crippen molar-refractivity contribution in [1.82, 2.24) is 4.98 Å². The summed E-state index contributed by atoms with van der Waals surface area (Å²) >= 11 is 0. The quantitative estimate of drug-likeness (QED) is 0.768. The number of benzene rings is 2. The van der Waals surface area contributed by atoms with Crippen LogP contribution in [0.3, 0.4) is 0 Å². The lowest BCUT2D eigenvalue weighted by Gasteiger charge is -2.12. The monoisotopic (exact) mass is 329 g/mol. The number of aromatic nitrogens is 1. The number of hydrogen-bond acceptors (Lipinski definition) is 4. The molecule has 3 aromatic rings. The number of aryl methyl sites for hydroxylation is 1. The fraction of sp³-hybridized carbons (Fsp3) is 0.143. The highest BCUT2D eigenvalue weighted by atomic mass is 16.5. The van der Waals surface area contributed by atoms with Crippen LogP contribution in [0.4, 0.5) is 5.82 Å². The zero-order chi connectivity index (χ0) is 17.8. The molecule has 1 heterocycles. The van der Waals surface area contributed by atoms with E-state index in [-0.39, 0.29) is 5.82 Å². The Bertz CT molecular complexity index is 940. The number of ether oxygens (including phenoxy) is 1. The summed E-state index contributed by atoms with van der Waals surface area (Å²) in [6, 6.07) is 19.9. The highest BCUT2D eigenvalue weighted by Gasteiger charge is 2.15. The molecule has 0 spiro atoms. The molecule has 0 aliphatic rings. The second-order valence-electron chi connectivity index (χ2n) is 5.68. The van der Waals surface area contributed by atoms with E-state index in [1.54, 1.807) is 7.11 Å². The molecule has 0 aliphatic heterocycles. The molecule has 124 valence electrons. The van der Waals surface area contributed by atoms with Gasteiger partial charge in [0, 0.05) is 11.1 Å². The molecule has 0 unspecified atom stereocenters. The molecule has 0 radical (unpaired) electrons. The van der Waals surface area contributed by atoms with Crippen molar-refractivity contribution < 1.29 is 4.74 Å². The third-order valence-corrected chi connectivity index (χ3v) is 4.22. The minimum absolute atomic E-state index is 0.223. The van der Waals surface area contributed by atoms with Crippen LogP contribution in [-0.2, 0) is 6.42 Å². The largest absolute Gasteiger partial charge is 0.496 e. The molecule has 0 amide bonds. The van der Waals surface area contributed by atoms with E-state index in [4.69, 9.17) is 10.5 Å². The molecule has 4 heteroatoms. The molecule has 1 aromatic heterocycles. The number of nitriles is 1. The summed E-state index contributed by atoms with van der Waals surface area (Å²) in [6.45, 7) is 2.11. The van der Waals surface area contributed by atoms with Gasteiger partial charge >= 0.3 is 0 Å². The number of rotatable bonds is 4. The average Bonchev–Trinajstić information content (AvgIpc) is 2.67. The highest BCUT2D eigenvalue weighted by molar-refractivity contribution is 5.81. The maximum Gasteiger partial charge on any atom is 0.142 e. The number of methoxy groups -OCH3 is 1. The number of anilines is 1. The van der Waals surface area contributed by atoms with Crippen molar-refractivity contribution in [3.63, 3.8) is 0 Å². The maximum atomic E-state index is 9.53. The van der Waals surface area contributed by atoms with Gasteiger partial charge in [0.2, 0.25) is 0 Å². The summed E-state index contributed by atoms with van der Waals surface area (Å²) in [5.41, 5.74) is 11.0. The normalized spacial score (nSPS) is 10.3. The average molecular weight is 329 g/mol.